The van der Waals surface area contributed by atoms with E-state index in [0.717, 1.165) is 44.6 Å². The Morgan fingerprint density at radius 3 is 2.23 bits per heavy atom. The van der Waals surface area contributed by atoms with Crippen LogP contribution in [0.25, 0.3) is 16.0 Å². The Balaban J connectivity index is 1.14. The van der Waals surface area contributed by atoms with Gasteiger partial charge >= 0.3 is 0 Å². The Labute approximate surface area is 237 Å². The molecule has 0 radical (unpaired) electrons. The van der Waals surface area contributed by atoms with Gasteiger partial charge < -0.3 is 5.32 Å². The number of aromatic nitrogens is 2. The number of anilines is 1. The zero-order valence-corrected chi connectivity index (χ0v) is 22.8. The molecule has 2 bridgehead atoms. The Kier molecular flexibility index (Phi) is 5.65. The van der Waals surface area contributed by atoms with Crippen molar-refractivity contribution in [1.29, 1.82) is 0 Å². The SMILES string of the molecule is [C-]#[N+]C12CC(C)(C(=O)Nc3nc(Cc4ccc(-c5ccncc5)cc4)cs3)C(c3ccccc31)c1ccccc12. The van der Waals surface area contributed by atoms with Gasteiger partial charge in [-0.15, -0.1) is 11.3 Å². The number of nitrogens with zero attached hydrogens (tertiary/aromatic N) is 3. The topological polar surface area (TPSA) is 59.2 Å². The highest BCUT2D eigenvalue weighted by Crippen LogP contribution is 2.64. The van der Waals surface area contributed by atoms with Crippen molar-refractivity contribution in [3.8, 4) is 11.1 Å². The van der Waals surface area contributed by atoms with Crippen LogP contribution >= 0.6 is 11.3 Å². The molecule has 3 aliphatic rings. The van der Waals surface area contributed by atoms with Crippen LogP contribution in [0.2, 0.25) is 0 Å². The first-order chi connectivity index (χ1) is 19.5. The van der Waals surface area contributed by atoms with Crippen molar-refractivity contribution < 1.29 is 4.79 Å². The number of hydrogen-bond donors (Lipinski definition) is 1. The summed E-state index contributed by atoms with van der Waals surface area (Å²) in [5.41, 5.74) is 6.92. The highest BCUT2D eigenvalue weighted by molar-refractivity contribution is 7.13. The average molecular weight is 539 g/mol. The second kappa shape index (κ2) is 9.25. The minimum Gasteiger partial charge on any atom is -0.301 e. The third kappa shape index (κ3) is 3.70. The van der Waals surface area contributed by atoms with Crippen molar-refractivity contribution in [2.24, 2.45) is 5.41 Å². The summed E-state index contributed by atoms with van der Waals surface area (Å²) in [5, 5.41) is 5.74. The molecule has 3 aromatic carbocycles. The molecule has 40 heavy (non-hydrogen) atoms. The van der Waals surface area contributed by atoms with Crippen molar-refractivity contribution in [1.82, 2.24) is 9.97 Å². The van der Waals surface area contributed by atoms with E-state index in [2.05, 4.69) is 63.7 Å². The summed E-state index contributed by atoms with van der Waals surface area (Å²) < 4.78 is 0. The molecule has 0 fully saturated rings. The van der Waals surface area contributed by atoms with Crippen LogP contribution in [0.15, 0.2) is 103 Å². The molecule has 0 saturated heterocycles. The van der Waals surface area contributed by atoms with E-state index in [4.69, 9.17) is 11.6 Å². The van der Waals surface area contributed by atoms with Crippen LogP contribution in [0, 0.1) is 12.0 Å². The molecule has 194 valence electrons. The smallest absolute Gasteiger partial charge is 0.284 e. The maximum atomic E-state index is 14.0. The quantitative estimate of drug-likeness (QED) is 0.236. The van der Waals surface area contributed by atoms with Crippen LogP contribution in [0.4, 0.5) is 5.13 Å². The molecule has 0 aliphatic heterocycles. The fourth-order valence-corrected chi connectivity index (χ4v) is 7.40. The van der Waals surface area contributed by atoms with Crippen molar-refractivity contribution in [2.75, 3.05) is 5.32 Å². The summed E-state index contributed by atoms with van der Waals surface area (Å²) in [6, 6.07) is 28.8. The highest BCUT2D eigenvalue weighted by atomic mass is 32.1. The molecule has 1 N–H and O–H groups in total. The molecule has 1 unspecified atom stereocenters. The minimum absolute atomic E-state index is 0.0860. The lowest BCUT2D eigenvalue weighted by Gasteiger charge is -2.51. The van der Waals surface area contributed by atoms with Gasteiger partial charge in [-0.05, 0) is 46.9 Å². The van der Waals surface area contributed by atoms with Gasteiger partial charge in [0, 0.05) is 47.7 Å². The zero-order chi connectivity index (χ0) is 27.3. The van der Waals surface area contributed by atoms with Crippen LogP contribution in [0.1, 0.15) is 52.8 Å². The first kappa shape index (κ1) is 24.4. The van der Waals surface area contributed by atoms with Gasteiger partial charge in [0.15, 0.2) is 5.13 Å². The van der Waals surface area contributed by atoms with Gasteiger partial charge in [0.1, 0.15) is 0 Å². The van der Waals surface area contributed by atoms with Crippen molar-refractivity contribution >= 4 is 22.4 Å². The van der Waals surface area contributed by atoms with E-state index in [1.807, 2.05) is 48.7 Å². The first-order valence-electron chi connectivity index (χ1n) is 13.3. The predicted molar refractivity (Wildman–Crippen MR) is 158 cm³/mol. The second-order valence-corrected chi connectivity index (χ2v) is 11.7. The Hall–Kier alpha value is -4.60. The van der Waals surface area contributed by atoms with Gasteiger partial charge in [-0.3, -0.25) is 14.6 Å². The fraction of sp³-hybridized carbons (Fsp3) is 0.176. The third-order valence-corrected chi connectivity index (χ3v) is 9.34. The molecule has 8 rings (SSSR count). The van der Waals surface area contributed by atoms with Gasteiger partial charge in [-0.2, -0.15) is 0 Å². The van der Waals surface area contributed by atoms with E-state index < -0.39 is 11.0 Å². The van der Waals surface area contributed by atoms with Crippen LogP contribution in [-0.4, -0.2) is 15.9 Å². The Morgan fingerprint density at radius 2 is 1.57 bits per heavy atom. The number of nitrogens with one attached hydrogen (secondary N) is 1. The van der Waals surface area contributed by atoms with Gasteiger partial charge in [0.25, 0.3) is 5.54 Å². The Morgan fingerprint density at radius 1 is 0.950 bits per heavy atom. The predicted octanol–water partition coefficient (Wildman–Crippen LogP) is 7.45. The lowest BCUT2D eigenvalue weighted by atomic mass is 9.49. The number of thiazole rings is 1. The van der Waals surface area contributed by atoms with Crippen molar-refractivity contribution in [3.05, 3.63) is 148 Å². The third-order valence-electron chi connectivity index (χ3n) is 8.53. The number of pyridine rings is 1. The van der Waals surface area contributed by atoms with Crippen molar-refractivity contribution in [2.45, 2.75) is 31.2 Å². The summed E-state index contributed by atoms with van der Waals surface area (Å²) in [6.45, 7) is 10.3. The normalized spacial score (nSPS) is 22.1. The summed E-state index contributed by atoms with van der Waals surface area (Å²) in [4.78, 5) is 27.1. The van der Waals surface area contributed by atoms with E-state index in [1.165, 1.54) is 11.3 Å². The number of carbonyl (C=O) groups excluding carboxylic acids is 1. The number of fused-ring (bicyclic) bond motifs is 1. The number of hydrogen-bond acceptors (Lipinski definition) is 4. The number of rotatable bonds is 5. The molecular weight excluding hydrogens is 512 g/mol. The van der Waals surface area contributed by atoms with Gasteiger partial charge in [0.2, 0.25) is 5.91 Å². The van der Waals surface area contributed by atoms with Crippen LogP contribution in [0.5, 0.6) is 0 Å². The summed E-state index contributed by atoms with van der Waals surface area (Å²) in [7, 11) is 0. The minimum atomic E-state index is -0.871. The lowest BCUT2D eigenvalue weighted by molar-refractivity contribution is -0.127. The second-order valence-electron chi connectivity index (χ2n) is 10.9. The largest absolute Gasteiger partial charge is 0.301 e. The molecule has 2 aromatic heterocycles. The van der Waals surface area contributed by atoms with Crippen LogP contribution in [0.3, 0.4) is 0 Å². The molecular formula is C34H26N4OS. The van der Waals surface area contributed by atoms with Crippen LogP contribution < -0.4 is 5.32 Å². The first-order valence-corrected chi connectivity index (χ1v) is 14.2. The van der Waals surface area contributed by atoms with E-state index in [9.17, 15) is 4.79 Å². The molecule has 1 amide bonds. The molecule has 5 aromatic rings. The van der Waals surface area contributed by atoms with Gasteiger partial charge in [-0.25, -0.2) is 11.6 Å². The van der Waals surface area contributed by atoms with Crippen molar-refractivity contribution in [3.63, 3.8) is 0 Å². The number of carbonyl (C=O) groups is 1. The van der Waals surface area contributed by atoms with E-state index >= 15 is 0 Å². The fourth-order valence-electron chi connectivity index (χ4n) is 6.70. The molecule has 5 nitrogen and oxygen atoms in total. The molecule has 0 spiro atoms. The van der Waals surface area contributed by atoms with Gasteiger partial charge in [-0.1, -0.05) is 72.8 Å². The lowest BCUT2D eigenvalue weighted by Crippen LogP contribution is -2.53. The molecule has 0 saturated carbocycles. The molecule has 6 heteroatoms. The monoisotopic (exact) mass is 538 g/mol. The van der Waals surface area contributed by atoms with Crippen LogP contribution in [-0.2, 0) is 16.8 Å². The highest BCUT2D eigenvalue weighted by Gasteiger charge is 2.64. The molecule has 2 heterocycles. The number of benzene rings is 3. The average Bonchev–Trinajstić information content (AvgIpc) is 3.44. The summed E-state index contributed by atoms with van der Waals surface area (Å²) in [6.07, 6.45) is 4.72. The maximum absolute atomic E-state index is 14.0. The van der Waals surface area contributed by atoms with E-state index in [-0.39, 0.29) is 11.8 Å². The van der Waals surface area contributed by atoms with E-state index in [1.54, 1.807) is 12.4 Å². The van der Waals surface area contributed by atoms with E-state index in [0.29, 0.717) is 18.0 Å². The Bertz CT molecular complexity index is 1740. The maximum Gasteiger partial charge on any atom is 0.284 e. The standard InChI is InChI=1S/C34H26N4OS/c1-33(21-34(35-2)28-9-5-3-7-26(28)30(33)27-8-4-6-10-29(27)34)31(39)38-32-37-25(20-40-32)19-22-11-13-23(14-12-22)24-15-17-36-18-16-24/h3-18,20,30H,19,21H2,1H3,(H,37,38,39). The summed E-state index contributed by atoms with van der Waals surface area (Å²) >= 11 is 1.45. The summed E-state index contributed by atoms with van der Waals surface area (Å²) in [5.74, 6) is -0.209. The zero-order valence-electron chi connectivity index (χ0n) is 22.0. The van der Waals surface area contributed by atoms with Gasteiger partial charge in [0.05, 0.1) is 11.1 Å². The number of amides is 1. The molecule has 3 aliphatic carbocycles. The molecule has 1 atom stereocenters.